The molecule has 1 aromatic rings. The fourth-order valence-corrected chi connectivity index (χ4v) is 2.46. The summed E-state index contributed by atoms with van der Waals surface area (Å²) in [6, 6.07) is 2.67. The minimum Gasteiger partial charge on any atom is -0.393 e. The lowest BCUT2D eigenvalue weighted by molar-refractivity contribution is 0.0186. The maximum absolute atomic E-state index is 13.9. The summed E-state index contributed by atoms with van der Waals surface area (Å²) >= 11 is 0. The number of rotatable bonds is 2. The third-order valence-electron chi connectivity index (χ3n) is 3.46. The van der Waals surface area contributed by atoms with Crippen LogP contribution in [0.1, 0.15) is 24.0 Å². The van der Waals surface area contributed by atoms with E-state index in [1.807, 2.05) is 0 Å². The third-order valence-corrected chi connectivity index (χ3v) is 3.46. The summed E-state index contributed by atoms with van der Waals surface area (Å²) in [6.45, 7) is 1.75. The first kappa shape index (κ1) is 11.5. The Kier molecular flexibility index (Phi) is 2.72. The van der Waals surface area contributed by atoms with Crippen molar-refractivity contribution in [2.24, 2.45) is 5.73 Å². The molecule has 2 rings (SSSR count). The van der Waals surface area contributed by atoms with Crippen molar-refractivity contribution < 1.29 is 13.9 Å². The van der Waals surface area contributed by atoms with E-state index < -0.39 is 23.2 Å². The zero-order chi connectivity index (χ0) is 11.9. The lowest BCUT2D eigenvalue weighted by Crippen LogP contribution is -2.51. The van der Waals surface area contributed by atoms with Crippen molar-refractivity contribution in [2.75, 3.05) is 6.54 Å². The highest BCUT2D eigenvalue weighted by molar-refractivity contribution is 5.36. The van der Waals surface area contributed by atoms with Crippen LogP contribution in [-0.2, 0) is 5.41 Å². The number of hydrogen-bond acceptors (Lipinski definition) is 2. The molecular formula is C12H15F2NO. The van der Waals surface area contributed by atoms with Crippen molar-refractivity contribution in [3.63, 3.8) is 0 Å². The zero-order valence-corrected chi connectivity index (χ0v) is 9.13. The minimum absolute atomic E-state index is 0.0419. The highest BCUT2D eigenvalue weighted by Crippen LogP contribution is 2.45. The second-order valence-electron chi connectivity index (χ2n) is 4.60. The van der Waals surface area contributed by atoms with Gasteiger partial charge < -0.3 is 10.8 Å². The van der Waals surface area contributed by atoms with E-state index in [1.54, 1.807) is 6.92 Å². The monoisotopic (exact) mass is 227 g/mol. The van der Waals surface area contributed by atoms with Crippen LogP contribution in [0.3, 0.4) is 0 Å². The first-order chi connectivity index (χ1) is 7.50. The van der Waals surface area contributed by atoms with Gasteiger partial charge in [-0.15, -0.1) is 0 Å². The number of aryl methyl sites for hydroxylation is 1. The van der Waals surface area contributed by atoms with Gasteiger partial charge in [-0.2, -0.15) is 0 Å². The van der Waals surface area contributed by atoms with E-state index in [0.29, 0.717) is 18.4 Å². The van der Waals surface area contributed by atoms with Gasteiger partial charge in [0.1, 0.15) is 11.6 Å². The van der Waals surface area contributed by atoms with E-state index >= 15 is 0 Å². The van der Waals surface area contributed by atoms with E-state index in [-0.39, 0.29) is 12.1 Å². The highest BCUT2D eigenvalue weighted by atomic mass is 19.1. The first-order valence-corrected chi connectivity index (χ1v) is 5.33. The second kappa shape index (κ2) is 3.79. The van der Waals surface area contributed by atoms with Crippen LogP contribution in [0, 0.1) is 18.6 Å². The molecule has 0 spiro atoms. The Hall–Kier alpha value is -1.00. The molecule has 3 N–H and O–H groups in total. The topological polar surface area (TPSA) is 46.2 Å². The Balaban J connectivity index is 2.50. The van der Waals surface area contributed by atoms with Crippen LogP contribution in [0.25, 0.3) is 0 Å². The molecule has 1 saturated carbocycles. The zero-order valence-electron chi connectivity index (χ0n) is 9.13. The molecule has 0 heterocycles. The molecule has 0 bridgehead atoms. The molecule has 0 saturated heterocycles. The lowest BCUT2D eigenvalue weighted by Gasteiger charge is -2.45. The SMILES string of the molecule is Cc1ccc(F)c(C2(CN)CC(O)C2)c1F. The summed E-state index contributed by atoms with van der Waals surface area (Å²) in [7, 11) is 0. The normalized spacial score (nSPS) is 28.9. The maximum atomic E-state index is 13.9. The van der Waals surface area contributed by atoms with Crippen LogP contribution in [0.5, 0.6) is 0 Å². The van der Waals surface area contributed by atoms with E-state index in [0.717, 1.165) is 0 Å². The van der Waals surface area contributed by atoms with Crippen LogP contribution >= 0.6 is 0 Å². The molecule has 88 valence electrons. The summed E-state index contributed by atoms with van der Waals surface area (Å²) in [5.74, 6) is -1.10. The van der Waals surface area contributed by atoms with E-state index in [1.165, 1.54) is 12.1 Å². The minimum atomic E-state index is -0.723. The number of hydrogen-bond donors (Lipinski definition) is 2. The predicted octanol–water partition coefficient (Wildman–Crippen LogP) is 1.62. The van der Waals surface area contributed by atoms with Gasteiger partial charge in [-0.3, -0.25) is 0 Å². The van der Waals surface area contributed by atoms with Crippen LogP contribution in [-0.4, -0.2) is 17.8 Å². The Labute approximate surface area is 93.1 Å². The van der Waals surface area contributed by atoms with Crippen molar-refractivity contribution >= 4 is 0 Å². The second-order valence-corrected chi connectivity index (χ2v) is 4.60. The Morgan fingerprint density at radius 2 is 2.06 bits per heavy atom. The molecule has 1 aliphatic rings. The molecule has 0 aliphatic heterocycles. The molecule has 0 radical (unpaired) electrons. The van der Waals surface area contributed by atoms with Crippen molar-refractivity contribution in [1.82, 2.24) is 0 Å². The molecule has 0 unspecified atom stereocenters. The average molecular weight is 227 g/mol. The molecule has 0 aromatic heterocycles. The molecule has 1 aromatic carbocycles. The molecule has 1 fully saturated rings. The van der Waals surface area contributed by atoms with Gasteiger partial charge in [0.05, 0.1) is 6.10 Å². The largest absolute Gasteiger partial charge is 0.393 e. The summed E-state index contributed by atoms with van der Waals surface area (Å²) in [4.78, 5) is 0. The predicted molar refractivity (Wildman–Crippen MR) is 57.1 cm³/mol. The summed E-state index contributed by atoms with van der Waals surface area (Å²) in [5, 5.41) is 9.33. The van der Waals surface area contributed by atoms with Gasteiger partial charge in [-0.1, -0.05) is 6.07 Å². The number of aliphatic hydroxyl groups excluding tert-OH is 1. The summed E-state index contributed by atoms with van der Waals surface area (Å²) in [6.07, 6.45) is 0.171. The number of aliphatic hydroxyl groups is 1. The van der Waals surface area contributed by atoms with Gasteiger partial charge in [-0.05, 0) is 31.4 Å². The average Bonchev–Trinajstić information content (AvgIpc) is 2.21. The number of nitrogens with two attached hydrogens (primary N) is 1. The van der Waals surface area contributed by atoms with Crippen molar-refractivity contribution in [3.8, 4) is 0 Å². The van der Waals surface area contributed by atoms with Crippen LogP contribution < -0.4 is 5.73 Å². The van der Waals surface area contributed by atoms with E-state index in [9.17, 15) is 13.9 Å². The smallest absolute Gasteiger partial charge is 0.132 e. The molecule has 1 aliphatic carbocycles. The Bertz CT molecular complexity index is 414. The van der Waals surface area contributed by atoms with Crippen LogP contribution in [0.4, 0.5) is 8.78 Å². The van der Waals surface area contributed by atoms with E-state index in [2.05, 4.69) is 0 Å². The summed E-state index contributed by atoms with van der Waals surface area (Å²) < 4.78 is 27.6. The standard InChI is InChI=1S/C12H15F2NO/c1-7-2-3-9(13)10(11(7)14)12(6-15)4-8(16)5-12/h2-3,8,16H,4-6,15H2,1H3. The quantitative estimate of drug-likeness (QED) is 0.806. The first-order valence-electron chi connectivity index (χ1n) is 5.33. The van der Waals surface area contributed by atoms with Crippen molar-refractivity contribution in [2.45, 2.75) is 31.3 Å². The van der Waals surface area contributed by atoms with Gasteiger partial charge in [0.25, 0.3) is 0 Å². The molecule has 16 heavy (non-hydrogen) atoms. The van der Waals surface area contributed by atoms with Crippen LogP contribution in [0.15, 0.2) is 12.1 Å². The number of halogens is 2. The number of benzene rings is 1. The van der Waals surface area contributed by atoms with Crippen molar-refractivity contribution in [1.29, 1.82) is 0 Å². The Morgan fingerprint density at radius 1 is 1.44 bits per heavy atom. The lowest BCUT2D eigenvalue weighted by atomic mass is 9.62. The fraction of sp³-hybridized carbons (Fsp3) is 0.500. The molecule has 0 atom stereocenters. The molecule has 0 amide bonds. The highest BCUT2D eigenvalue weighted by Gasteiger charge is 2.47. The van der Waals surface area contributed by atoms with Gasteiger partial charge in [-0.25, -0.2) is 8.78 Å². The molecule has 4 heteroatoms. The van der Waals surface area contributed by atoms with Crippen LogP contribution in [0.2, 0.25) is 0 Å². The van der Waals surface area contributed by atoms with Gasteiger partial charge in [0, 0.05) is 17.5 Å². The van der Waals surface area contributed by atoms with Gasteiger partial charge in [0.15, 0.2) is 0 Å². The Morgan fingerprint density at radius 3 is 2.56 bits per heavy atom. The fourth-order valence-electron chi connectivity index (χ4n) is 2.46. The molecular weight excluding hydrogens is 212 g/mol. The van der Waals surface area contributed by atoms with Gasteiger partial charge >= 0.3 is 0 Å². The summed E-state index contributed by atoms with van der Waals surface area (Å²) in [5.41, 5.74) is 5.33. The maximum Gasteiger partial charge on any atom is 0.132 e. The third kappa shape index (κ3) is 1.53. The van der Waals surface area contributed by atoms with Gasteiger partial charge in [0.2, 0.25) is 0 Å². The van der Waals surface area contributed by atoms with E-state index in [4.69, 9.17) is 5.73 Å². The van der Waals surface area contributed by atoms with Crippen molar-refractivity contribution in [3.05, 3.63) is 34.9 Å². The molecule has 2 nitrogen and oxygen atoms in total.